The van der Waals surface area contributed by atoms with E-state index in [9.17, 15) is 4.79 Å². The minimum atomic E-state index is -0.0907. The van der Waals surface area contributed by atoms with Gasteiger partial charge in [0.2, 0.25) is 0 Å². The van der Waals surface area contributed by atoms with Crippen molar-refractivity contribution in [2.45, 2.75) is 6.54 Å². The van der Waals surface area contributed by atoms with E-state index in [1.165, 1.54) is 0 Å². The van der Waals surface area contributed by atoms with Crippen LogP contribution in [0.4, 0.5) is 5.82 Å². The summed E-state index contributed by atoms with van der Waals surface area (Å²) in [6.07, 6.45) is 1.65. The first-order valence-corrected chi connectivity index (χ1v) is 6.29. The number of hydrogen-bond acceptors (Lipinski definition) is 4. The molecule has 0 radical (unpaired) electrons. The normalized spacial score (nSPS) is 13.7. The first kappa shape index (κ1) is 12.5. The molecule has 0 bridgehead atoms. The maximum Gasteiger partial charge on any atom is 0.266 e. The van der Waals surface area contributed by atoms with Gasteiger partial charge in [-0.3, -0.25) is 9.69 Å². The first-order chi connectivity index (χ1) is 9.78. The number of methoxy groups -OCH3 is 1. The number of rotatable bonds is 3. The molecule has 0 atom stereocenters. The van der Waals surface area contributed by atoms with E-state index < -0.39 is 0 Å². The van der Waals surface area contributed by atoms with Crippen LogP contribution >= 0.6 is 0 Å². The van der Waals surface area contributed by atoms with E-state index in [2.05, 4.69) is 4.98 Å². The lowest BCUT2D eigenvalue weighted by atomic mass is 10.2. The van der Waals surface area contributed by atoms with Crippen molar-refractivity contribution >= 4 is 11.7 Å². The molecule has 0 unspecified atom stereocenters. The molecular weight excluding hydrogens is 256 g/mol. The highest BCUT2D eigenvalue weighted by Crippen LogP contribution is 2.30. The number of carbonyl (C=O) groups is 1. The summed E-state index contributed by atoms with van der Waals surface area (Å²) in [6, 6.07) is 11.2. The highest BCUT2D eigenvalue weighted by Gasteiger charge is 2.26. The Bertz CT molecular complexity index is 625. The van der Waals surface area contributed by atoms with Crippen LogP contribution in [0.25, 0.3) is 0 Å². The number of anilines is 1. The third-order valence-corrected chi connectivity index (χ3v) is 3.16. The van der Waals surface area contributed by atoms with E-state index in [0.29, 0.717) is 18.1 Å². The van der Waals surface area contributed by atoms with Crippen LogP contribution in [0, 0.1) is 0 Å². The van der Waals surface area contributed by atoms with Crippen molar-refractivity contribution in [3.63, 3.8) is 0 Å². The monoisotopic (exact) mass is 270 g/mol. The quantitative estimate of drug-likeness (QED) is 0.856. The highest BCUT2D eigenvalue weighted by atomic mass is 16.5. The Morgan fingerprint density at radius 3 is 2.85 bits per heavy atom. The zero-order valence-electron chi connectivity index (χ0n) is 11.1. The van der Waals surface area contributed by atoms with Gasteiger partial charge in [0.15, 0.2) is 18.2 Å². The molecule has 5 nitrogen and oxygen atoms in total. The number of pyridine rings is 1. The van der Waals surface area contributed by atoms with Crippen LogP contribution in [-0.2, 0) is 11.3 Å². The maximum atomic E-state index is 12.0. The Hall–Kier alpha value is -2.56. The second-order valence-corrected chi connectivity index (χ2v) is 4.44. The van der Waals surface area contributed by atoms with Crippen molar-refractivity contribution in [3.8, 4) is 11.5 Å². The third kappa shape index (κ3) is 2.30. The Kier molecular flexibility index (Phi) is 3.25. The molecule has 102 valence electrons. The summed E-state index contributed by atoms with van der Waals surface area (Å²) in [7, 11) is 1.63. The zero-order valence-corrected chi connectivity index (χ0v) is 11.1. The maximum absolute atomic E-state index is 12.0. The van der Waals surface area contributed by atoms with Gasteiger partial charge in [-0.2, -0.15) is 0 Å². The number of ether oxygens (including phenoxy) is 2. The van der Waals surface area contributed by atoms with E-state index in [0.717, 1.165) is 11.3 Å². The Morgan fingerprint density at radius 2 is 2.10 bits per heavy atom. The van der Waals surface area contributed by atoms with Crippen LogP contribution in [0.3, 0.4) is 0 Å². The molecule has 3 rings (SSSR count). The van der Waals surface area contributed by atoms with Crippen molar-refractivity contribution in [1.29, 1.82) is 0 Å². The molecule has 1 aromatic carbocycles. The summed E-state index contributed by atoms with van der Waals surface area (Å²) in [4.78, 5) is 17.9. The summed E-state index contributed by atoms with van der Waals surface area (Å²) in [5.41, 5.74) is 1.01. The van der Waals surface area contributed by atoms with Gasteiger partial charge in [0.05, 0.1) is 13.7 Å². The van der Waals surface area contributed by atoms with Gasteiger partial charge in [0.1, 0.15) is 5.75 Å². The average Bonchev–Trinajstić information content (AvgIpc) is 2.51. The molecule has 1 aliphatic heterocycles. The molecule has 1 aliphatic rings. The van der Waals surface area contributed by atoms with Gasteiger partial charge >= 0.3 is 0 Å². The average molecular weight is 270 g/mol. The van der Waals surface area contributed by atoms with Crippen molar-refractivity contribution in [1.82, 2.24) is 4.98 Å². The summed E-state index contributed by atoms with van der Waals surface area (Å²) in [5, 5.41) is 0. The smallest absolute Gasteiger partial charge is 0.266 e. The molecule has 0 saturated carbocycles. The standard InChI is InChI=1S/C15H14N2O3/c1-19-12-6-4-11(5-7-12)9-17-14(18)10-20-13-3-2-8-16-15(13)17/h2-8H,9-10H2,1H3. The summed E-state index contributed by atoms with van der Waals surface area (Å²) in [5.74, 6) is 1.91. The van der Waals surface area contributed by atoms with Gasteiger partial charge in [-0.1, -0.05) is 12.1 Å². The van der Waals surface area contributed by atoms with Crippen LogP contribution < -0.4 is 14.4 Å². The van der Waals surface area contributed by atoms with E-state index >= 15 is 0 Å². The Balaban J connectivity index is 1.87. The number of aromatic nitrogens is 1. The largest absolute Gasteiger partial charge is 0.497 e. The number of carbonyl (C=O) groups excluding carboxylic acids is 1. The topological polar surface area (TPSA) is 51.7 Å². The molecule has 1 aromatic heterocycles. The second-order valence-electron chi connectivity index (χ2n) is 4.44. The molecule has 20 heavy (non-hydrogen) atoms. The van der Waals surface area contributed by atoms with Crippen LogP contribution in [0.2, 0.25) is 0 Å². The molecule has 0 saturated heterocycles. The lowest BCUT2D eigenvalue weighted by Gasteiger charge is -2.28. The Morgan fingerprint density at radius 1 is 1.30 bits per heavy atom. The fourth-order valence-electron chi connectivity index (χ4n) is 2.11. The minimum absolute atomic E-state index is 0.0504. The van der Waals surface area contributed by atoms with Gasteiger partial charge in [0, 0.05) is 6.20 Å². The summed E-state index contributed by atoms with van der Waals surface area (Å²) < 4.78 is 10.5. The third-order valence-electron chi connectivity index (χ3n) is 3.16. The first-order valence-electron chi connectivity index (χ1n) is 6.29. The van der Waals surface area contributed by atoms with Crippen molar-refractivity contribution in [2.24, 2.45) is 0 Å². The van der Waals surface area contributed by atoms with Crippen LogP contribution in [0.5, 0.6) is 11.5 Å². The molecule has 0 aliphatic carbocycles. The van der Waals surface area contributed by atoms with Crippen molar-refractivity contribution in [2.75, 3.05) is 18.6 Å². The van der Waals surface area contributed by atoms with Crippen LogP contribution in [0.15, 0.2) is 42.6 Å². The van der Waals surface area contributed by atoms with Gasteiger partial charge < -0.3 is 9.47 Å². The predicted molar refractivity (Wildman–Crippen MR) is 73.9 cm³/mol. The number of nitrogens with zero attached hydrogens (tertiary/aromatic N) is 2. The van der Waals surface area contributed by atoms with Gasteiger partial charge in [-0.25, -0.2) is 4.98 Å². The van der Waals surface area contributed by atoms with Crippen LogP contribution in [-0.4, -0.2) is 24.6 Å². The fourth-order valence-corrected chi connectivity index (χ4v) is 2.11. The summed E-state index contributed by atoms with van der Waals surface area (Å²) in [6.45, 7) is 0.519. The van der Waals surface area contributed by atoms with E-state index in [-0.39, 0.29) is 12.5 Å². The molecule has 5 heteroatoms. The summed E-state index contributed by atoms with van der Waals surface area (Å²) >= 11 is 0. The SMILES string of the molecule is COc1ccc(CN2C(=O)COc3cccnc32)cc1. The van der Waals surface area contributed by atoms with Gasteiger partial charge in [0.25, 0.3) is 5.91 Å². The molecule has 1 amide bonds. The number of fused-ring (bicyclic) bond motifs is 1. The molecule has 2 aromatic rings. The number of amides is 1. The van der Waals surface area contributed by atoms with E-state index in [1.54, 1.807) is 24.3 Å². The minimum Gasteiger partial charge on any atom is -0.497 e. The van der Waals surface area contributed by atoms with Crippen LogP contribution in [0.1, 0.15) is 5.56 Å². The Labute approximate surface area is 116 Å². The zero-order chi connectivity index (χ0) is 13.9. The van der Waals surface area contributed by atoms with E-state index in [1.807, 2.05) is 30.3 Å². The molecule has 0 fully saturated rings. The van der Waals surface area contributed by atoms with Crippen molar-refractivity contribution < 1.29 is 14.3 Å². The number of benzene rings is 1. The van der Waals surface area contributed by atoms with Crippen molar-refractivity contribution in [3.05, 3.63) is 48.2 Å². The molecule has 0 N–H and O–H groups in total. The van der Waals surface area contributed by atoms with Gasteiger partial charge in [-0.05, 0) is 29.8 Å². The fraction of sp³-hybridized carbons (Fsp3) is 0.200. The highest BCUT2D eigenvalue weighted by molar-refractivity contribution is 5.96. The molecule has 2 heterocycles. The molecular formula is C15H14N2O3. The lowest BCUT2D eigenvalue weighted by Crippen LogP contribution is -2.38. The second kappa shape index (κ2) is 5.21. The van der Waals surface area contributed by atoms with Gasteiger partial charge in [-0.15, -0.1) is 0 Å². The predicted octanol–water partition coefficient (Wildman–Crippen LogP) is 2.02. The molecule has 0 spiro atoms. The lowest BCUT2D eigenvalue weighted by molar-refractivity contribution is -0.121. The van der Waals surface area contributed by atoms with E-state index in [4.69, 9.17) is 9.47 Å². The number of hydrogen-bond donors (Lipinski definition) is 0.